The van der Waals surface area contributed by atoms with Gasteiger partial charge in [0, 0.05) is 24.8 Å². The first-order valence-corrected chi connectivity index (χ1v) is 12.4. The molecule has 0 saturated carbocycles. The van der Waals surface area contributed by atoms with E-state index in [1.165, 1.54) is 13.1 Å². The number of pyridine rings is 1. The van der Waals surface area contributed by atoms with Crippen molar-refractivity contribution in [3.8, 4) is 23.2 Å². The highest BCUT2D eigenvalue weighted by Crippen LogP contribution is 2.37. The molecule has 10 nitrogen and oxygen atoms in total. The summed E-state index contributed by atoms with van der Waals surface area (Å²) in [6.07, 6.45) is 6.24. The molecule has 1 aliphatic heterocycles. The van der Waals surface area contributed by atoms with Gasteiger partial charge in [-0.25, -0.2) is 9.67 Å². The Balaban J connectivity index is 1.50. The number of halogens is 3. The van der Waals surface area contributed by atoms with Gasteiger partial charge in [0.05, 0.1) is 28.0 Å². The van der Waals surface area contributed by atoms with E-state index in [-0.39, 0.29) is 40.1 Å². The first kappa shape index (κ1) is 25.8. The first-order chi connectivity index (χ1) is 18.2. The fourth-order valence-electron chi connectivity index (χ4n) is 4.76. The lowest BCUT2D eigenvalue weighted by atomic mass is 10.0. The van der Waals surface area contributed by atoms with Crippen molar-refractivity contribution in [2.75, 3.05) is 19.7 Å². The van der Waals surface area contributed by atoms with E-state index < -0.39 is 12.2 Å². The van der Waals surface area contributed by atoms with Gasteiger partial charge in [-0.1, -0.05) is 16.8 Å². The number of imidazole rings is 1. The average Bonchev–Trinajstić information content (AvgIpc) is 3.51. The summed E-state index contributed by atoms with van der Waals surface area (Å²) in [5, 5.41) is 29.2. The summed E-state index contributed by atoms with van der Waals surface area (Å²) in [4.78, 5) is 10.0. The van der Waals surface area contributed by atoms with E-state index in [0.29, 0.717) is 28.9 Å². The van der Waals surface area contributed by atoms with Gasteiger partial charge in [0.2, 0.25) is 0 Å². The van der Waals surface area contributed by atoms with Crippen molar-refractivity contribution in [3.63, 3.8) is 0 Å². The second-order valence-corrected chi connectivity index (χ2v) is 9.86. The molecule has 1 aliphatic rings. The summed E-state index contributed by atoms with van der Waals surface area (Å²) in [6, 6.07) is 6.59. The molecule has 0 amide bonds. The number of aromatic nitrogens is 6. The minimum atomic E-state index is -2.85. The number of benzene rings is 1. The predicted molar refractivity (Wildman–Crippen MR) is 135 cm³/mol. The van der Waals surface area contributed by atoms with Crippen molar-refractivity contribution in [3.05, 3.63) is 53.2 Å². The number of piperidine rings is 1. The van der Waals surface area contributed by atoms with Crippen molar-refractivity contribution < 1.29 is 18.6 Å². The number of hydrogen-bond acceptors (Lipinski definition) is 8. The van der Waals surface area contributed by atoms with Gasteiger partial charge >= 0.3 is 6.55 Å². The molecule has 198 valence electrons. The van der Waals surface area contributed by atoms with Gasteiger partial charge in [0.1, 0.15) is 35.5 Å². The number of nitriles is 1. The van der Waals surface area contributed by atoms with Crippen molar-refractivity contribution in [1.29, 1.82) is 5.26 Å². The Hall–Kier alpha value is -3.82. The SMILES string of the molecule is Cc1c(-c2cc(OC[C@@](C)(O)c3ncccc3Cl)c3c(c2)ncn3C(F)F)nnn1C1CCN(C#N)CC1. The molecule has 13 heteroatoms. The molecule has 1 fully saturated rings. The van der Waals surface area contributed by atoms with E-state index in [0.717, 1.165) is 24.9 Å². The topological polar surface area (TPSA) is 118 Å². The largest absolute Gasteiger partial charge is 0.488 e. The standard InChI is InChI=1S/C25H25ClF2N8O2/c1-15-21(32-33-36(15)17-5-8-34(13-29)9-6-17)16-10-19-22(35(14-31-19)24(27)28)20(11-16)38-12-25(2,37)23-18(26)4-3-7-30-23/h3-4,7,10-11,14,17,24,37H,5-6,8-9,12H2,1-2H3/t25-/m1/s1. The van der Waals surface area contributed by atoms with Crippen LogP contribution in [0.15, 0.2) is 36.8 Å². The smallest absolute Gasteiger partial charge is 0.320 e. The van der Waals surface area contributed by atoms with E-state index in [9.17, 15) is 13.9 Å². The van der Waals surface area contributed by atoms with Gasteiger partial charge in [-0.3, -0.25) is 9.55 Å². The van der Waals surface area contributed by atoms with Gasteiger partial charge in [0.15, 0.2) is 6.19 Å². The molecule has 1 aromatic carbocycles. The Labute approximate surface area is 222 Å². The summed E-state index contributed by atoms with van der Waals surface area (Å²) >= 11 is 6.21. The second kappa shape index (κ2) is 10.2. The summed E-state index contributed by atoms with van der Waals surface area (Å²) in [5.41, 5.74) is 0.911. The first-order valence-electron chi connectivity index (χ1n) is 12.0. The summed E-state index contributed by atoms with van der Waals surface area (Å²) in [5.74, 6) is 0.0962. The monoisotopic (exact) mass is 542 g/mol. The lowest BCUT2D eigenvalue weighted by Crippen LogP contribution is -2.31. The van der Waals surface area contributed by atoms with Crippen molar-refractivity contribution in [2.24, 2.45) is 0 Å². The second-order valence-electron chi connectivity index (χ2n) is 9.45. The molecule has 1 saturated heterocycles. The Kier molecular flexibility index (Phi) is 6.90. The van der Waals surface area contributed by atoms with Gasteiger partial charge in [-0.05, 0) is 51.0 Å². The fraction of sp³-hybridized carbons (Fsp3) is 0.400. The Morgan fingerprint density at radius 3 is 2.74 bits per heavy atom. The number of nitrogens with zero attached hydrogens (tertiary/aromatic N) is 8. The number of hydrogen-bond donors (Lipinski definition) is 1. The number of fused-ring (bicyclic) bond motifs is 1. The highest BCUT2D eigenvalue weighted by molar-refractivity contribution is 6.31. The summed E-state index contributed by atoms with van der Waals surface area (Å²) in [7, 11) is 0. The third kappa shape index (κ3) is 4.75. The van der Waals surface area contributed by atoms with Crippen LogP contribution in [-0.4, -0.2) is 59.2 Å². The zero-order valence-electron chi connectivity index (χ0n) is 20.7. The molecule has 0 spiro atoms. The molecule has 38 heavy (non-hydrogen) atoms. The zero-order chi connectivity index (χ0) is 27.0. The third-order valence-electron chi connectivity index (χ3n) is 6.77. The minimum Gasteiger partial charge on any atom is -0.488 e. The Bertz CT molecular complexity index is 1510. The van der Waals surface area contributed by atoms with Crippen LogP contribution in [0.3, 0.4) is 0 Å². The highest BCUT2D eigenvalue weighted by Gasteiger charge is 2.30. The quantitative estimate of drug-likeness (QED) is 0.340. The molecular weight excluding hydrogens is 518 g/mol. The lowest BCUT2D eigenvalue weighted by molar-refractivity contribution is 0.00413. The fourth-order valence-corrected chi connectivity index (χ4v) is 5.09. The lowest BCUT2D eigenvalue weighted by Gasteiger charge is -2.28. The Morgan fingerprint density at radius 1 is 1.29 bits per heavy atom. The zero-order valence-corrected chi connectivity index (χ0v) is 21.5. The van der Waals surface area contributed by atoms with Gasteiger partial charge in [-0.2, -0.15) is 14.0 Å². The number of alkyl halides is 2. The van der Waals surface area contributed by atoms with Crippen LogP contribution in [0.1, 0.15) is 43.7 Å². The molecule has 3 aromatic heterocycles. The number of likely N-dealkylation sites (tertiary alicyclic amines) is 1. The third-order valence-corrected chi connectivity index (χ3v) is 7.08. The molecule has 1 N–H and O–H groups in total. The Morgan fingerprint density at radius 2 is 2.05 bits per heavy atom. The van der Waals surface area contributed by atoms with Gasteiger partial charge < -0.3 is 14.7 Å². The predicted octanol–water partition coefficient (Wildman–Crippen LogP) is 4.45. The van der Waals surface area contributed by atoms with Crippen LogP contribution in [0.2, 0.25) is 5.02 Å². The molecule has 0 aliphatic carbocycles. The highest BCUT2D eigenvalue weighted by atomic mass is 35.5. The van der Waals surface area contributed by atoms with E-state index >= 15 is 0 Å². The van der Waals surface area contributed by atoms with Gasteiger partial charge in [-0.15, -0.1) is 5.10 Å². The van der Waals surface area contributed by atoms with Crippen molar-refractivity contribution in [1.82, 2.24) is 34.4 Å². The van der Waals surface area contributed by atoms with Crippen LogP contribution in [0.4, 0.5) is 8.78 Å². The van der Waals surface area contributed by atoms with E-state index in [1.54, 1.807) is 29.2 Å². The number of rotatable bonds is 7. The molecule has 1 atom stereocenters. The van der Waals surface area contributed by atoms with Crippen LogP contribution in [-0.2, 0) is 5.60 Å². The van der Waals surface area contributed by atoms with Crippen molar-refractivity contribution >= 4 is 22.6 Å². The molecule has 4 heterocycles. The number of aliphatic hydroxyl groups is 1. The number of ether oxygens (including phenoxy) is 1. The molecule has 0 bridgehead atoms. The molecule has 0 unspecified atom stereocenters. The van der Waals surface area contributed by atoms with Crippen LogP contribution in [0, 0.1) is 18.4 Å². The molecular formula is C25H25ClF2N8O2. The van der Waals surface area contributed by atoms with E-state index in [2.05, 4.69) is 26.5 Å². The maximum Gasteiger partial charge on any atom is 0.320 e. The maximum atomic E-state index is 13.8. The maximum absolute atomic E-state index is 13.8. The average molecular weight is 543 g/mol. The van der Waals surface area contributed by atoms with Crippen LogP contribution < -0.4 is 4.74 Å². The summed E-state index contributed by atoms with van der Waals surface area (Å²) < 4.78 is 36.1. The van der Waals surface area contributed by atoms with E-state index in [1.807, 2.05) is 11.6 Å². The van der Waals surface area contributed by atoms with Gasteiger partial charge in [0.25, 0.3) is 0 Å². The normalized spacial score (nSPS) is 16.1. The van der Waals surface area contributed by atoms with Crippen LogP contribution in [0.25, 0.3) is 22.3 Å². The molecule has 0 radical (unpaired) electrons. The van der Waals surface area contributed by atoms with Crippen LogP contribution >= 0.6 is 11.6 Å². The minimum absolute atomic E-state index is 0.0839. The molecule has 5 rings (SSSR count). The van der Waals surface area contributed by atoms with Crippen molar-refractivity contribution in [2.45, 2.75) is 44.9 Å². The van der Waals surface area contributed by atoms with E-state index in [4.69, 9.17) is 21.6 Å². The summed E-state index contributed by atoms with van der Waals surface area (Å²) in [6.45, 7) is 1.51. The van der Waals surface area contributed by atoms with Crippen LogP contribution in [0.5, 0.6) is 5.75 Å². The molecule has 4 aromatic rings.